The molecule has 0 radical (unpaired) electrons. The topological polar surface area (TPSA) is 31.9 Å². The minimum Gasteiger partial charge on any atom is -0.286 e. The fraction of sp³-hybridized carbons (Fsp3) is 0.409. The van der Waals surface area contributed by atoms with Crippen LogP contribution in [0.5, 0.6) is 0 Å². The zero-order chi connectivity index (χ0) is 20.9. The van der Waals surface area contributed by atoms with Gasteiger partial charge in [-0.15, -0.1) is 0 Å². The highest BCUT2D eigenvalue weighted by Crippen LogP contribution is 2.41. The van der Waals surface area contributed by atoms with Gasteiger partial charge in [0.1, 0.15) is 11.6 Å². The van der Waals surface area contributed by atoms with Crippen LogP contribution in [-0.4, -0.2) is 34.1 Å². The Balaban J connectivity index is 1.92. The number of nitrogens with one attached hydrogen (secondary N) is 1. The van der Waals surface area contributed by atoms with E-state index in [-0.39, 0.29) is 18.0 Å². The van der Waals surface area contributed by atoms with E-state index in [1.165, 1.54) is 17.0 Å². The maximum atomic E-state index is 15.1. The van der Waals surface area contributed by atoms with Crippen molar-refractivity contribution in [3.8, 4) is 0 Å². The first-order chi connectivity index (χ1) is 13.7. The van der Waals surface area contributed by atoms with Gasteiger partial charge in [0.2, 0.25) is 0 Å². The Morgan fingerprint density at radius 3 is 2.52 bits per heavy atom. The summed E-state index contributed by atoms with van der Waals surface area (Å²) in [6.45, 7) is 4.22. The number of nitrogens with zero attached hydrogens (tertiary/aromatic N) is 2. The van der Waals surface area contributed by atoms with E-state index in [0.717, 1.165) is 23.4 Å². The van der Waals surface area contributed by atoms with E-state index in [1.807, 2.05) is 13.8 Å². The summed E-state index contributed by atoms with van der Waals surface area (Å²) < 4.78 is 58.1. The van der Waals surface area contributed by atoms with Gasteiger partial charge in [-0.3, -0.25) is 10.00 Å². The van der Waals surface area contributed by atoms with Crippen molar-refractivity contribution in [3.63, 3.8) is 0 Å². The minimum atomic E-state index is -2.99. The number of fused-ring (bicyclic) bond motifs is 3. The molecule has 3 aromatic rings. The molecule has 1 aromatic heterocycles. The summed E-state index contributed by atoms with van der Waals surface area (Å²) in [4.78, 5) is 1.48. The second-order valence-electron chi connectivity index (χ2n) is 8.21. The maximum Gasteiger partial charge on any atom is 0.257 e. The number of H-pyrrole nitrogens is 1. The Hall–Kier alpha value is -2.41. The molecule has 29 heavy (non-hydrogen) atoms. The van der Waals surface area contributed by atoms with E-state index < -0.39 is 30.1 Å². The van der Waals surface area contributed by atoms with Gasteiger partial charge in [-0.05, 0) is 47.2 Å². The molecule has 0 bridgehead atoms. The zero-order valence-electron chi connectivity index (χ0n) is 16.6. The fourth-order valence-electron chi connectivity index (χ4n) is 4.27. The summed E-state index contributed by atoms with van der Waals surface area (Å²) in [5, 5.41) is 7.79. The van der Waals surface area contributed by atoms with Crippen LogP contribution in [0.15, 0.2) is 30.5 Å². The van der Waals surface area contributed by atoms with E-state index in [0.29, 0.717) is 17.5 Å². The highest BCUT2D eigenvalue weighted by Gasteiger charge is 2.38. The fourth-order valence-corrected chi connectivity index (χ4v) is 4.27. The van der Waals surface area contributed by atoms with Crippen molar-refractivity contribution in [1.82, 2.24) is 15.1 Å². The summed E-state index contributed by atoms with van der Waals surface area (Å²) in [7, 11) is 0. The molecule has 0 fully saturated rings. The van der Waals surface area contributed by atoms with E-state index >= 15 is 8.78 Å². The van der Waals surface area contributed by atoms with Gasteiger partial charge in [-0.1, -0.05) is 19.9 Å². The molecule has 0 aliphatic carbocycles. The smallest absolute Gasteiger partial charge is 0.257 e. The average Bonchev–Trinajstić information content (AvgIpc) is 3.10. The number of hydrogen-bond donors (Lipinski definition) is 1. The van der Waals surface area contributed by atoms with Crippen LogP contribution in [-0.2, 0) is 6.42 Å². The average molecular weight is 405 g/mol. The predicted molar refractivity (Wildman–Crippen MR) is 104 cm³/mol. The molecule has 1 atom stereocenters. The summed E-state index contributed by atoms with van der Waals surface area (Å²) in [5.74, 6) is -4.44. The van der Waals surface area contributed by atoms with Crippen molar-refractivity contribution < 1.29 is 17.6 Å². The molecule has 2 heterocycles. The Morgan fingerprint density at radius 2 is 1.90 bits per heavy atom. The molecule has 4 rings (SSSR count). The molecular weight excluding hydrogens is 382 g/mol. The lowest BCUT2D eigenvalue weighted by Gasteiger charge is -2.39. The number of hydrogen-bond acceptors (Lipinski definition) is 2. The third-order valence-electron chi connectivity index (χ3n) is 5.60. The van der Waals surface area contributed by atoms with Gasteiger partial charge in [0.25, 0.3) is 5.92 Å². The highest BCUT2D eigenvalue weighted by atomic mass is 19.3. The van der Waals surface area contributed by atoms with Crippen LogP contribution < -0.4 is 0 Å². The van der Waals surface area contributed by atoms with Crippen molar-refractivity contribution >= 4 is 10.9 Å². The minimum absolute atomic E-state index is 0.0478. The lowest BCUT2D eigenvalue weighted by molar-refractivity contribution is -0.0244. The lowest BCUT2D eigenvalue weighted by Crippen LogP contribution is -2.43. The van der Waals surface area contributed by atoms with Crippen LogP contribution in [0, 0.1) is 11.6 Å². The van der Waals surface area contributed by atoms with Gasteiger partial charge in [0.05, 0.1) is 24.3 Å². The van der Waals surface area contributed by atoms with Gasteiger partial charge >= 0.3 is 0 Å². The molecule has 0 saturated heterocycles. The van der Waals surface area contributed by atoms with E-state index in [1.54, 1.807) is 18.3 Å². The van der Waals surface area contributed by atoms with E-state index in [9.17, 15) is 8.78 Å². The third-order valence-corrected chi connectivity index (χ3v) is 5.60. The van der Waals surface area contributed by atoms with E-state index in [4.69, 9.17) is 0 Å². The maximum absolute atomic E-state index is 15.1. The number of rotatable bonds is 4. The first-order valence-corrected chi connectivity index (χ1v) is 9.71. The van der Waals surface area contributed by atoms with E-state index in [2.05, 4.69) is 10.2 Å². The normalized spacial score (nSPS) is 17.9. The first kappa shape index (κ1) is 19.9. The van der Waals surface area contributed by atoms with Crippen LogP contribution in [0.3, 0.4) is 0 Å². The summed E-state index contributed by atoms with van der Waals surface area (Å²) >= 11 is 0. The molecule has 0 amide bonds. The van der Waals surface area contributed by atoms with Crippen molar-refractivity contribution in [1.29, 1.82) is 0 Å². The Labute approximate surface area is 166 Å². The summed E-state index contributed by atoms with van der Waals surface area (Å²) in [5.41, 5.74) is 2.71. The monoisotopic (exact) mass is 405 g/mol. The predicted octanol–water partition coefficient (Wildman–Crippen LogP) is 5.57. The summed E-state index contributed by atoms with van der Waals surface area (Å²) in [6.07, 6.45) is 2.18. The van der Waals surface area contributed by atoms with Crippen LogP contribution in [0.4, 0.5) is 17.6 Å². The molecular formula is C22H23F4N3. The molecule has 1 aliphatic rings. The van der Waals surface area contributed by atoms with Gasteiger partial charge < -0.3 is 0 Å². The standard InChI is InChI=1S/C22H23F4N3/c1-12(2)13-8-17(23)20(18(24)9-13)21-15-4-5-19-16(10-27-28-19)14(15)6-7-29(21)11-22(3,25)26/h4-5,8-10,12,21H,6-7,11H2,1-3H3,(H,27,28). The number of alkyl halides is 2. The van der Waals surface area contributed by atoms with Crippen molar-refractivity contribution in [2.75, 3.05) is 13.1 Å². The molecule has 154 valence electrons. The van der Waals surface area contributed by atoms with Crippen LogP contribution >= 0.6 is 0 Å². The van der Waals surface area contributed by atoms with Gasteiger partial charge in [0.15, 0.2) is 0 Å². The molecule has 1 unspecified atom stereocenters. The second kappa shape index (κ2) is 7.13. The van der Waals surface area contributed by atoms with Crippen molar-refractivity contribution in [2.24, 2.45) is 0 Å². The zero-order valence-corrected chi connectivity index (χ0v) is 16.6. The third kappa shape index (κ3) is 3.64. The molecule has 0 saturated carbocycles. The Bertz CT molecular complexity index is 1030. The second-order valence-corrected chi connectivity index (χ2v) is 8.21. The molecule has 0 spiro atoms. The van der Waals surface area contributed by atoms with Gasteiger partial charge in [-0.25, -0.2) is 17.6 Å². The van der Waals surface area contributed by atoms with Gasteiger partial charge in [-0.2, -0.15) is 5.10 Å². The molecule has 7 heteroatoms. The van der Waals surface area contributed by atoms with Crippen LogP contribution in [0.2, 0.25) is 0 Å². The Kier molecular flexibility index (Phi) is 4.89. The van der Waals surface area contributed by atoms with Gasteiger partial charge in [0, 0.05) is 24.4 Å². The lowest BCUT2D eigenvalue weighted by atomic mass is 9.85. The number of halogens is 4. The highest BCUT2D eigenvalue weighted by molar-refractivity contribution is 5.83. The molecule has 3 nitrogen and oxygen atoms in total. The SMILES string of the molecule is CC(C)c1cc(F)c(C2c3ccc4[nH]ncc4c3CCN2CC(C)(F)F)c(F)c1. The quantitative estimate of drug-likeness (QED) is 0.576. The molecule has 2 aromatic carbocycles. The number of aromatic nitrogens is 2. The van der Waals surface area contributed by atoms with Crippen molar-refractivity contribution in [2.45, 2.75) is 45.1 Å². The molecule has 1 aliphatic heterocycles. The number of benzene rings is 2. The Morgan fingerprint density at radius 1 is 1.21 bits per heavy atom. The van der Waals surface area contributed by atoms with Crippen LogP contribution in [0.25, 0.3) is 10.9 Å². The summed E-state index contributed by atoms with van der Waals surface area (Å²) in [6, 6.07) is 5.24. The molecule has 1 N–H and O–H groups in total. The largest absolute Gasteiger partial charge is 0.286 e. The van der Waals surface area contributed by atoms with Crippen molar-refractivity contribution in [3.05, 3.63) is 64.4 Å². The first-order valence-electron chi connectivity index (χ1n) is 9.71. The number of aromatic amines is 1. The van der Waals surface area contributed by atoms with Crippen LogP contribution in [0.1, 0.15) is 55.0 Å².